The van der Waals surface area contributed by atoms with Crippen molar-refractivity contribution < 1.29 is 4.79 Å². The van der Waals surface area contributed by atoms with E-state index in [-0.39, 0.29) is 18.1 Å². The summed E-state index contributed by atoms with van der Waals surface area (Å²) in [4.78, 5) is 14.0. The molecule has 1 aromatic carbocycles. The monoisotopic (exact) mass is 232 g/mol. The summed E-state index contributed by atoms with van der Waals surface area (Å²) in [5.74, 6) is 0.749. The van der Waals surface area contributed by atoms with Crippen LogP contribution in [0, 0.1) is 5.92 Å². The van der Waals surface area contributed by atoms with Crippen molar-refractivity contribution in [1.82, 2.24) is 10.2 Å². The zero-order valence-electron chi connectivity index (χ0n) is 10.7. The van der Waals surface area contributed by atoms with Crippen LogP contribution in [0.15, 0.2) is 30.3 Å². The van der Waals surface area contributed by atoms with Crippen LogP contribution in [0.2, 0.25) is 0 Å². The lowest BCUT2D eigenvalue weighted by atomic mass is 10.1. The molecule has 0 aromatic heterocycles. The Bertz CT molecular complexity index is 388. The van der Waals surface area contributed by atoms with Crippen LogP contribution in [-0.2, 0) is 4.79 Å². The fraction of sp³-hybridized carbons (Fsp3) is 0.500. The molecule has 0 radical (unpaired) electrons. The average molecular weight is 232 g/mol. The van der Waals surface area contributed by atoms with E-state index in [9.17, 15) is 4.79 Å². The van der Waals surface area contributed by atoms with Gasteiger partial charge >= 0.3 is 0 Å². The number of carbonyl (C=O) groups is 1. The third-order valence-corrected chi connectivity index (χ3v) is 3.25. The summed E-state index contributed by atoms with van der Waals surface area (Å²) in [6.07, 6.45) is 1.15. The van der Waals surface area contributed by atoms with E-state index in [4.69, 9.17) is 0 Å². The summed E-state index contributed by atoms with van der Waals surface area (Å²) in [6, 6.07) is 9.74. The molecule has 2 unspecified atom stereocenters. The number of rotatable bonds is 3. The maximum Gasteiger partial charge on any atom is 0.245 e. The number of benzene rings is 1. The number of carbonyl (C=O) groups excluding carboxylic acids is 1. The van der Waals surface area contributed by atoms with Gasteiger partial charge in [-0.1, -0.05) is 44.2 Å². The Labute approximate surface area is 103 Å². The van der Waals surface area contributed by atoms with E-state index in [1.807, 2.05) is 42.3 Å². The molecule has 1 aromatic rings. The number of nitrogens with zero attached hydrogens (tertiary/aromatic N) is 1. The Balaban J connectivity index is 2.14. The van der Waals surface area contributed by atoms with Crippen LogP contribution >= 0.6 is 0 Å². The molecule has 1 aliphatic heterocycles. The molecular formula is C14H20N2O. The quantitative estimate of drug-likeness (QED) is 0.866. The van der Waals surface area contributed by atoms with Crippen molar-refractivity contribution in [1.29, 1.82) is 0 Å². The molecule has 0 spiro atoms. The van der Waals surface area contributed by atoms with Crippen LogP contribution in [0.4, 0.5) is 0 Å². The molecule has 0 aliphatic carbocycles. The van der Waals surface area contributed by atoms with Crippen LogP contribution in [0.25, 0.3) is 0 Å². The average Bonchev–Trinajstić information content (AvgIpc) is 2.58. The van der Waals surface area contributed by atoms with E-state index in [1.54, 1.807) is 0 Å². The summed E-state index contributed by atoms with van der Waals surface area (Å²) < 4.78 is 0. The van der Waals surface area contributed by atoms with Gasteiger partial charge in [0.05, 0.1) is 6.17 Å². The lowest BCUT2D eigenvalue weighted by Gasteiger charge is -2.20. The van der Waals surface area contributed by atoms with E-state index in [0.717, 1.165) is 12.0 Å². The summed E-state index contributed by atoms with van der Waals surface area (Å²) in [6.45, 7) is 4.35. The molecule has 0 bridgehead atoms. The first-order valence-corrected chi connectivity index (χ1v) is 6.17. The van der Waals surface area contributed by atoms with E-state index >= 15 is 0 Å². The Morgan fingerprint density at radius 3 is 2.53 bits per heavy atom. The van der Waals surface area contributed by atoms with Gasteiger partial charge in [0, 0.05) is 7.05 Å². The zero-order chi connectivity index (χ0) is 12.4. The third kappa shape index (κ3) is 2.50. The topological polar surface area (TPSA) is 32.3 Å². The second-order valence-corrected chi connectivity index (χ2v) is 5.10. The van der Waals surface area contributed by atoms with E-state index in [1.165, 1.54) is 0 Å². The minimum absolute atomic E-state index is 0.160. The first kappa shape index (κ1) is 12.1. The van der Waals surface area contributed by atoms with E-state index in [2.05, 4.69) is 19.2 Å². The van der Waals surface area contributed by atoms with Gasteiger partial charge in [-0.2, -0.15) is 0 Å². The SMILES string of the molecule is CC(C)CC1NC(c2ccccc2)C(=O)N1C. The summed E-state index contributed by atoms with van der Waals surface area (Å²) in [7, 11) is 1.88. The summed E-state index contributed by atoms with van der Waals surface area (Å²) in [5, 5.41) is 3.41. The van der Waals surface area contributed by atoms with Crippen LogP contribution in [0.3, 0.4) is 0 Å². The molecule has 1 N–H and O–H groups in total. The Morgan fingerprint density at radius 1 is 1.29 bits per heavy atom. The highest BCUT2D eigenvalue weighted by atomic mass is 16.2. The molecule has 17 heavy (non-hydrogen) atoms. The molecule has 0 saturated carbocycles. The molecule has 3 nitrogen and oxygen atoms in total. The largest absolute Gasteiger partial charge is 0.329 e. The molecule has 92 valence electrons. The van der Waals surface area contributed by atoms with E-state index in [0.29, 0.717) is 5.92 Å². The molecule has 3 heteroatoms. The summed E-state index contributed by atoms with van der Waals surface area (Å²) >= 11 is 0. The van der Waals surface area contributed by atoms with Crippen LogP contribution < -0.4 is 5.32 Å². The molecule has 1 aliphatic rings. The highest BCUT2D eigenvalue weighted by Gasteiger charge is 2.37. The second kappa shape index (κ2) is 4.88. The minimum Gasteiger partial charge on any atom is -0.329 e. The number of nitrogens with one attached hydrogen (secondary N) is 1. The molecule has 1 heterocycles. The number of hydrogen-bond donors (Lipinski definition) is 1. The van der Waals surface area contributed by atoms with Crippen molar-refractivity contribution >= 4 is 5.91 Å². The van der Waals surface area contributed by atoms with Gasteiger partial charge in [-0.15, -0.1) is 0 Å². The summed E-state index contributed by atoms with van der Waals surface area (Å²) in [5.41, 5.74) is 1.05. The molecule has 2 rings (SSSR count). The van der Waals surface area contributed by atoms with Gasteiger partial charge in [-0.25, -0.2) is 0 Å². The van der Waals surface area contributed by atoms with Gasteiger partial charge in [0.15, 0.2) is 0 Å². The standard InChI is InChI=1S/C14H20N2O/c1-10(2)9-12-15-13(14(17)16(12)3)11-7-5-4-6-8-11/h4-8,10,12-13,15H,9H2,1-3H3. The first-order valence-electron chi connectivity index (χ1n) is 6.17. The zero-order valence-corrected chi connectivity index (χ0v) is 10.7. The highest BCUT2D eigenvalue weighted by Crippen LogP contribution is 2.25. The van der Waals surface area contributed by atoms with Crippen molar-refractivity contribution in [2.45, 2.75) is 32.5 Å². The highest BCUT2D eigenvalue weighted by molar-refractivity contribution is 5.85. The molecule has 1 fully saturated rings. The van der Waals surface area contributed by atoms with Gasteiger partial charge in [0.25, 0.3) is 0 Å². The maximum absolute atomic E-state index is 12.2. The third-order valence-electron chi connectivity index (χ3n) is 3.25. The van der Waals surface area contributed by atoms with Gasteiger partial charge in [-0.05, 0) is 17.9 Å². The predicted octanol–water partition coefficient (Wildman–Crippen LogP) is 2.16. The molecular weight excluding hydrogens is 212 g/mol. The Hall–Kier alpha value is -1.35. The Morgan fingerprint density at radius 2 is 1.94 bits per heavy atom. The van der Waals surface area contributed by atoms with Gasteiger partial charge in [0.2, 0.25) is 5.91 Å². The van der Waals surface area contributed by atoms with Crippen molar-refractivity contribution in [3.05, 3.63) is 35.9 Å². The normalized spacial score (nSPS) is 24.7. The van der Waals surface area contributed by atoms with Crippen molar-refractivity contribution in [3.8, 4) is 0 Å². The number of hydrogen-bond acceptors (Lipinski definition) is 2. The van der Waals surface area contributed by atoms with Crippen molar-refractivity contribution in [2.24, 2.45) is 5.92 Å². The van der Waals surface area contributed by atoms with Crippen molar-refractivity contribution in [2.75, 3.05) is 7.05 Å². The van der Waals surface area contributed by atoms with Gasteiger partial charge in [-0.3, -0.25) is 10.1 Å². The molecule has 1 saturated heterocycles. The fourth-order valence-electron chi connectivity index (χ4n) is 2.29. The predicted molar refractivity (Wildman–Crippen MR) is 68.3 cm³/mol. The van der Waals surface area contributed by atoms with Gasteiger partial charge < -0.3 is 4.90 Å². The van der Waals surface area contributed by atoms with Crippen molar-refractivity contribution in [3.63, 3.8) is 0 Å². The fourth-order valence-corrected chi connectivity index (χ4v) is 2.29. The van der Waals surface area contributed by atoms with Crippen LogP contribution in [0.5, 0.6) is 0 Å². The smallest absolute Gasteiger partial charge is 0.245 e. The number of amides is 1. The lowest BCUT2D eigenvalue weighted by Crippen LogP contribution is -2.35. The molecule has 2 atom stereocenters. The number of likely N-dealkylation sites (N-methyl/N-ethyl adjacent to an activating group) is 1. The Kier molecular flexibility index (Phi) is 3.48. The van der Waals surface area contributed by atoms with Crippen LogP contribution in [-0.4, -0.2) is 24.0 Å². The second-order valence-electron chi connectivity index (χ2n) is 5.10. The maximum atomic E-state index is 12.2. The van der Waals surface area contributed by atoms with E-state index < -0.39 is 0 Å². The lowest BCUT2D eigenvalue weighted by molar-refractivity contribution is -0.128. The molecule has 1 amide bonds. The van der Waals surface area contributed by atoms with Crippen LogP contribution in [0.1, 0.15) is 31.9 Å². The minimum atomic E-state index is -0.176. The first-order chi connectivity index (χ1) is 8.09. The van der Waals surface area contributed by atoms with Gasteiger partial charge in [0.1, 0.15) is 6.04 Å².